The maximum Gasteiger partial charge on any atom is 0.267 e. The number of nitrogens with zero attached hydrogens (tertiary/aromatic N) is 4. The highest BCUT2D eigenvalue weighted by molar-refractivity contribution is 7.08. The summed E-state index contributed by atoms with van der Waals surface area (Å²) in [5.41, 5.74) is 3.64. The minimum Gasteiger partial charge on any atom is -0.335 e. The molecule has 0 saturated carbocycles. The van der Waals surface area contributed by atoms with E-state index in [0.29, 0.717) is 37.5 Å². The molecule has 7 heteroatoms. The number of amides is 2. The van der Waals surface area contributed by atoms with E-state index in [1.165, 1.54) is 0 Å². The molecule has 0 bridgehead atoms. The van der Waals surface area contributed by atoms with E-state index in [9.17, 15) is 9.59 Å². The topological polar surface area (TPSA) is 66.4 Å². The van der Waals surface area contributed by atoms with Gasteiger partial charge in [-0.25, -0.2) is 0 Å². The van der Waals surface area contributed by atoms with Crippen LogP contribution < -0.4 is 0 Å². The highest BCUT2D eigenvalue weighted by Crippen LogP contribution is 2.17. The molecule has 2 heterocycles. The second-order valence-corrected chi connectivity index (χ2v) is 7.12. The van der Waals surface area contributed by atoms with Crippen molar-refractivity contribution in [2.24, 2.45) is 0 Å². The van der Waals surface area contributed by atoms with Gasteiger partial charge in [0.2, 0.25) is 0 Å². The molecular formula is C18H22N4O2S. The third kappa shape index (κ3) is 3.71. The zero-order valence-corrected chi connectivity index (χ0v) is 15.6. The van der Waals surface area contributed by atoms with Crippen molar-refractivity contribution in [3.05, 3.63) is 45.5 Å². The van der Waals surface area contributed by atoms with E-state index in [1.807, 2.05) is 37.8 Å². The third-order valence-corrected chi connectivity index (χ3v) is 5.16. The van der Waals surface area contributed by atoms with Crippen molar-refractivity contribution in [2.75, 3.05) is 26.2 Å². The Morgan fingerprint density at radius 3 is 2.12 bits per heavy atom. The highest BCUT2D eigenvalue weighted by Gasteiger charge is 2.28. The number of rotatable bonds is 3. The number of carbonyl (C=O) groups is 2. The van der Waals surface area contributed by atoms with Gasteiger partial charge in [0.15, 0.2) is 0 Å². The van der Waals surface area contributed by atoms with Gasteiger partial charge in [0, 0.05) is 31.7 Å². The molecule has 0 atom stereocenters. The third-order valence-electron chi connectivity index (χ3n) is 4.41. The summed E-state index contributed by atoms with van der Waals surface area (Å²) in [7, 11) is 0. The summed E-state index contributed by atoms with van der Waals surface area (Å²) in [6.07, 6.45) is 0.697. The maximum atomic E-state index is 12.7. The zero-order valence-electron chi connectivity index (χ0n) is 14.8. The summed E-state index contributed by atoms with van der Waals surface area (Å²) < 4.78 is 3.89. The first-order valence-corrected chi connectivity index (χ1v) is 9.25. The van der Waals surface area contributed by atoms with Crippen molar-refractivity contribution in [1.82, 2.24) is 19.4 Å². The predicted octanol–water partition coefficient (Wildman–Crippen LogP) is 2.32. The smallest absolute Gasteiger partial charge is 0.267 e. The second-order valence-electron chi connectivity index (χ2n) is 6.36. The summed E-state index contributed by atoms with van der Waals surface area (Å²) >= 11 is 1.15. The minimum atomic E-state index is -0.0228. The maximum absolute atomic E-state index is 12.7. The van der Waals surface area contributed by atoms with Gasteiger partial charge < -0.3 is 9.80 Å². The first kappa shape index (κ1) is 17.5. The van der Waals surface area contributed by atoms with Crippen LogP contribution in [0.3, 0.4) is 0 Å². The van der Waals surface area contributed by atoms with Crippen LogP contribution in [-0.2, 0) is 6.42 Å². The lowest BCUT2D eigenvalue weighted by molar-refractivity contribution is 0.0537. The number of benzene rings is 1. The molecule has 1 aliphatic heterocycles. The number of hydrogen-bond donors (Lipinski definition) is 0. The fourth-order valence-corrected chi connectivity index (χ4v) is 3.86. The van der Waals surface area contributed by atoms with Crippen molar-refractivity contribution >= 4 is 23.3 Å². The largest absolute Gasteiger partial charge is 0.335 e. The fourth-order valence-electron chi connectivity index (χ4n) is 3.14. The van der Waals surface area contributed by atoms with Gasteiger partial charge in [-0.05, 0) is 43.9 Å². The van der Waals surface area contributed by atoms with Gasteiger partial charge in [-0.1, -0.05) is 28.6 Å². The van der Waals surface area contributed by atoms with Gasteiger partial charge in [-0.15, -0.1) is 5.10 Å². The molecule has 25 heavy (non-hydrogen) atoms. The van der Waals surface area contributed by atoms with Crippen LogP contribution in [0.5, 0.6) is 0 Å². The van der Waals surface area contributed by atoms with Crippen LogP contribution in [0.4, 0.5) is 0 Å². The molecule has 0 radical (unpaired) electrons. The SMILES string of the molecule is CCc1nnsc1C(=O)N1CCN(C(=O)c2cc(C)cc(C)c2)CC1. The van der Waals surface area contributed by atoms with E-state index in [2.05, 4.69) is 15.7 Å². The standard InChI is InChI=1S/C18H22N4O2S/c1-4-15-16(25-20-19-15)18(24)22-7-5-21(6-8-22)17(23)14-10-12(2)9-13(3)11-14/h9-11H,4-8H2,1-3H3. The van der Waals surface area contributed by atoms with Crippen LogP contribution >= 0.6 is 11.5 Å². The molecule has 1 fully saturated rings. The quantitative estimate of drug-likeness (QED) is 0.844. The van der Waals surface area contributed by atoms with Gasteiger partial charge in [0.05, 0.1) is 5.69 Å². The number of aryl methyl sites for hydroxylation is 3. The van der Waals surface area contributed by atoms with Gasteiger partial charge in [0.25, 0.3) is 11.8 Å². The average molecular weight is 358 g/mol. The Labute approximate surface area is 151 Å². The average Bonchev–Trinajstić information content (AvgIpc) is 3.08. The monoisotopic (exact) mass is 358 g/mol. The van der Waals surface area contributed by atoms with Gasteiger partial charge in [-0.2, -0.15) is 0 Å². The Kier molecular flexibility index (Phi) is 5.13. The second kappa shape index (κ2) is 7.31. The predicted molar refractivity (Wildman–Crippen MR) is 97.0 cm³/mol. The molecule has 0 N–H and O–H groups in total. The van der Waals surface area contributed by atoms with Crippen molar-refractivity contribution in [3.63, 3.8) is 0 Å². The summed E-state index contributed by atoms with van der Waals surface area (Å²) in [6.45, 7) is 8.13. The zero-order chi connectivity index (χ0) is 18.0. The molecule has 1 aliphatic rings. The van der Waals surface area contributed by atoms with Crippen molar-refractivity contribution in [3.8, 4) is 0 Å². The minimum absolute atomic E-state index is 0.0228. The molecule has 1 saturated heterocycles. The lowest BCUT2D eigenvalue weighted by atomic mass is 10.1. The van der Waals surface area contributed by atoms with Crippen LogP contribution in [0.1, 0.15) is 43.8 Å². The molecule has 0 unspecified atom stereocenters. The van der Waals surface area contributed by atoms with Gasteiger partial charge in [0.1, 0.15) is 4.88 Å². The summed E-state index contributed by atoms with van der Waals surface area (Å²) in [5, 5.41) is 4.01. The van der Waals surface area contributed by atoms with E-state index in [1.54, 1.807) is 4.90 Å². The first-order valence-electron chi connectivity index (χ1n) is 8.47. The van der Waals surface area contributed by atoms with Crippen LogP contribution in [0.25, 0.3) is 0 Å². The molecule has 1 aromatic heterocycles. The van der Waals surface area contributed by atoms with Gasteiger partial charge >= 0.3 is 0 Å². The van der Waals surface area contributed by atoms with E-state index in [4.69, 9.17) is 0 Å². The van der Waals surface area contributed by atoms with E-state index in [-0.39, 0.29) is 11.8 Å². The normalized spacial score (nSPS) is 14.7. The number of piperazine rings is 1. The van der Waals surface area contributed by atoms with Crippen LogP contribution in [0.2, 0.25) is 0 Å². The molecule has 0 spiro atoms. The Morgan fingerprint density at radius 2 is 1.56 bits per heavy atom. The molecule has 6 nitrogen and oxygen atoms in total. The number of hydrogen-bond acceptors (Lipinski definition) is 5. The number of carbonyl (C=O) groups excluding carboxylic acids is 2. The number of aromatic nitrogens is 2. The summed E-state index contributed by atoms with van der Waals surface area (Å²) in [5.74, 6) is 0.0120. The lowest BCUT2D eigenvalue weighted by Gasteiger charge is -2.34. The molecular weight excluding hydrogens is 336 g/mol. The van der Waals surface area contributed by atoms with Crippen molar-refractivity contribution < 1.29 is 9.59 Å². The highest BCUT2D eigenvalue weighted by atomic mass is 32.1. The molecule has 1 aromatic carbocycles. The first-order chi connectivity index (χ1) is 12.0. The van der Waals surface area contributed by atoms with E-state index in [0.717, 1.165) is 33.9 Å². The van der Waals surface area contributed by atoms with Crippen LogP contribution in [-0.4, -0.2) is 57.4 Å². The Bertz CT molecular complexity index is 774. The van der Waals surface area contributed by atoms with E-state index < -0.39 is 0 Å². The van der Waals surface area contributed by atoms with Crippen molar-refractivity contribution in [2.45, 2.75) is 27.2 Å². The van der Waals surface area contributed by atoms with E-state index >= 15 is 0 Å². The molecule has 2 aromatic rings. The summed E-state index contributed by atoms with van der Waals surface area (Å²) in [4.78, 5) is 29.6. The molecule has 2 amide bonds. The molecule has 132 valence electrons. The molecule has 3 rings (SSSR count). The molecule has 0 aliphatic carbocycles. The summed E-state index contributed by atoms with van der Waals surface area (Å²) in [6, 6.07) is 5.90. The lowest BCUT2D eigenvalue weighted by Crippen LogP contribution is -2.50. The Hall–Kier alpha value is -2.28. The van der Waals surface area contributed by atoms with Crippen LogP contribution in [0, 0.1) is 13.8 Å². The fraction of sp³-hybridized carbons (Fsp3) is 0.444. The van der Waals surface area contributed by atoms with Crippen LogP contribution in [0.15, 0.2) is 18.2 Å². The van der Waals surface area contributed by atoms with Crippen molar-refractivity contribution in [1.29, 1.82) is 0 Å². The Morgan fingerprint density at radius 1 is 1.00 bits per heavy atom. The Balaban J connectivity index is 1.65. The van der Waals surface area contributed by atoms with Gasteiger partial charge in [-0.3, -0.25) is 9.59 Å².